The van der Waals surface area contributed by atoms with Gasteiger partial charge < -0.3 is 29.2 Å². The highest BCUT2D eigenvalue weighted by atomic mass is 16.6. The van der Waals surface area contributed by atoms with Gasteiger partial charge in [0.2, 0.25) is 0 Å². The Bertz CT molecular complexity index is 1200. The molecule has 2 fully saturated rings. The summed E-state index contributed by atoms with van der Waals surface area (Å²) in [5.74, 6) is 0. The Morgan fingerprint density at radius 1 is 1.09 bits per heavy atom. The molecule has 0 spiro atoms. The molecule has 35 heavy (non-hydrogen) atoms. The monoisotopic (exact) mass is 482 g/mol. The number of aromatic amines is 1. The highest BCUT2D eigenvalue weighted by molar-refractivity contribution is 6.00. The second kappa shape index (κ2) is 9.39. The standard InChI is InChI=1S/C25H34N6O4/c1-25(2,3)35-24(33)30-12-9-18(10-13-30)34-23(32)29-16-4-6-17(7-5-16)31-15-28-20-14-27-22-19(21(20)31)8-11-26-22/h8,11,14-18H,4-7,9-10,12-13H2,1-3H3,(H,26,27)(H,29,32). The fourth-order valence-corrected chi connectivity index (χ4v) is 5.14. The van der Waals surface area contributed by atoms with Crippen LogP contribution in [-0.2, 0) is 9.47 Å². The predicted octanol–water partition coefficient (Wildman–Crippen LogP) is 4.52. The number of rotatable bonds is 3. The average molecular weight is 483 g/mol. The second-order valence-corrected chi connectivity index (χ2v) is 10.6. The van der Waals surface area contributed by atoms with Crippen LogP contribution >= 0.6 is 0 Å². The number of amides is 2. The van der Waals surface area contributed by atoms with E-state index >= 15 is 0 Å². The molecule has 0 bridgehead atoms. The maximum atomic E-state index is 12.5. The van der Waals surface area contributed by atoms with Crippen molar-refractivity contribution in [2.45, 2.75) is 83.1 Å². The number of hydrogen-bond donors (Lipinski definition) is 2. The van der Waals surface area contributed by atoms with E-state index in [1.807, 2.05) is 45.6 Å². The van der Waals surface area contributed by atoms with Crippen LogP contribution in [0, 0.1) is 0 Å². The van der Waals surface area contributed by atoms with Gasteiger partial charge in [-0.05, 0) is 52.5 Å². The van der Waals surface area contributed by atoms with Crippen LogP contribution in [0.25, 0.3) is 22.1 Å². The topological polar surface area (TPSA) is 114 Å². The normalized spacial score (nSPS) is 21.9. The molecule has 1 aliphatic heterocycles. The number of nitrogens with zero attached hydrogens (tertiary/aromatic N) is 4. The van der Waals surface area contributed by atoms with Gasteiger partial charge in [-0.25, -0.2) is 19.6 Å². The summed E-state index contributed by atoms with van der Waals surface area (Å²) in [7, 11) is 0. The number of likely N-dealkylation sites (tertiary alicyclic amines) is 1. The number of pyridine rings is 1. The fraction of sp³-hybridized carbons (Fsp3) is 0.600. The van der Waals surface area contributed by atoms with Gasteiger partial charge in [0.1, 0.15) is 22.9 Å². The highest BCUT2D eigenvalue weighted by Gasteiger charge is 2.30. The van der Waals surface area contributed by atoms with Gasteiger partial charge >= 0.3 is 12.2 Å². The van der Waals surface area contributed by atoms with Gasteiger partial charge in [-0.1, -0.05) is 0 Å². The smallest absolute Gasteiger partial charge is 0.410 e. The fourth-order valence-electron chi connectivity index (χ4n) is 5.14. The molecule has 2 N–H and O–H groups in total. The SMILES string of the molecule is CC(C)(C)OC(=O)N1CCC(OC(=O)NC2CCC(n3cnc4cnc5[nH]ccc5c43)CC2)CC1. The molecule has 0 unspecified atom stereocenters. The maximum absolute atomic E-state index is 12.5. The number of piperidine rings is 1. The van der Waals surface area contributed by atoms with Crippen LogP contribution in [0.1, 0.15) is 65.3 Å². The molecule has 2 aliphatic rings. The molecule has 1 aliphatic carbocycles. The van der Waals surface area contributed by atoms with E-state index in [0.29, 0.717) is 32.0 Å². The lowest BCUT2D eigenvalue weighted by Crippen LogP contribution is -2.45. The number of aromatic nitrogens is 4. The third-order valence-electron chi connectivity index (χ3n) is 6.90. The Labute approximate surface area is 204 Å². The lowest BCUT2D eigenvalue weighted by Gasteiger charge is -2.34. The Morgan fingerprint density at radius 3 is 2.54 bits per heavy atom. The third-order valence-corrected chi connectivity index (χ3v) is 6.90. The lowest BCUT2D eigenvalue weighted by atomic mass is 9.91. The summed E-state index contributed by atoms with van der Waals surface area (Å²) in [6.45, 7) is 6.62. The van der Waals surface area contributed by atoms with Crippen molar-refractivity contribution in [2.24, 2.45) is 0 Å². The minimum absolute atomic E-state index is 0.101. The van der Waals surface area contributed by atoms with Gasteiger partial charge in [0.05, 0.1) is 18.0 Å². The van der Waals surface area contributed by atoms with E-state index in [1.54, 1.807) is 4.90 Å². The van der Waals surface area contributed by atoms with Gasteiger partial charge in [0.15, 0.2) is 0 Å². The summed E-state index contributed by atoms with van der Waals surface area (Å²) in [6.07, 6.45) is 9.70. The molecule has 0 aromatic carbocycles. The molecule has 2 amide bonds. The zero-order valence-electron chi connectivity index (χ0n) is 20.6. The van der Waals surface area contributed by atoms with E-state index < -0.39 is 5.60 Å². The van der Waals surface area contributed by atoms with Crippen LogP contribution in [0.15, 0.2) is 24.8 Å². The molecule has 10 heteroatoms. The van der Waals surface area contributed by atoms with Crippen LogP contribution in [0.5, 0.6) is 0 Å². The molecule has 0 radical (unpaired) electrons. The first-order valence-electron chi connectivity index (χ1n) is 12.5. The summed E-state index contributed by atoms with van der Waals surface area (Å²) >= 11 is 0. The zero-order chi connectivity index (χ0) is 24.6. The van der Waals surface area contributed by atoms with E-state index in [2.05, 4.69) is 24.8 Å². The number of carbonyl (C=O) groups excluding carboxylic acids is 2. The number of imidazole rings is 1. The third kappa shape index (κ3) is 5.21. The summed E-state index contributed by atoms with van der Waals surface area (Å²) in [5, 5.41) is 4.14. The number of nitrogens with one attached hydrogen (secondary N) is 2. The number of H-pyrrole nitrogens is 1. The van der Waals surface area contributed by atoms with Crippen LogP contribution < -0.4 is 5.32 Å². The largest absolute Gasteiger partial charge is 0.446 e. The zero-order valence-corrected chi connectivity index (χ0v) is 20.6. The van der Waals surface area contributed by atoms with E-state index in [-0.39, 0.29) is 24.3 Å². The maximum Gasteiger partial charge on any atom is 0.410 e. The van der Waals surface area contributed by atoms with Crippen molar-refractivity contribution < 1.29 is 19.1 Å². The minimum Gasteiger partial charge on any atom is -0.446 e. The summed E-state index contributed by atoms with van der Waals surface area (Å²) in [6, 6.07) is 2.49. The number of ether oxygens (including phenoxy) is 2. The molecule has 188 valence electrons. The van der Waals surface area contributed by atoms with Crippen molar-refractivity contribution in [3.8, 4) is 0 Å². The molecule has 3 aromatic heterocycles. The number of hydrogen-bond acceptors (Lipinski definition) is 6. The van der Waals surface area contributed by atoms with E-state index in [4.69, 9.17) is 9.47 Å². The van der Waals surface area contributed by atoms with E-state index in [1.165, 1.54) is 0 Å². The summed E-state index contributed by atoms with van der Waals surface area (Å²) in [5.41, 5.74) is 2.37. The quantitative estimate of drug-likeness (QED) is 0.567. The van der Waals surface area contributed by atoms with Crippen molar-refractivity contribution >= 4 is 34.3 Å². The molecular formula is C25H34N6O4. The van der Waals surface area contributed by atoms with Crippen LogP contribution in [0.4, 0.5) is 9.59 Å². The average Bonchev–Trinajstić information content (AvgIpc) is 3.45. The molecule has 5 rings (SSSR count). The van der Waals surface area contributed by atoms with Crippen molar-refractivity contribution in [1.29, 1.82) is 0 Å². The van der Waals surface area contributed by atoms with Crippen molar-refractivity contribution in [3.05, 3.63) is 24.8 Å². The van der Waals surface area contributed by atoms with Crippen molar-refractivity contribution in [2.75, 3.05) is 13.1 Å². The van der Waals surface area contributed by atoms with Gasteiger partial charge in [-0.15, -0.1) is 0 Å². The van der Waals surface area contributed by atoms with Crippen molar-refractivity contribution in [3.63, 3.8) is 0 Å². The van der Waals surface area contributed by atoms with Gasteiger partial charge in [0.25, 0.3) is 0 Å². The lowest BCUT2D eigenvalue weighted by molar-refractivity contribution is 0.00600. The molecule has 1 saturated heterocycles. The Kier molecular flexibility index (Phi) is 6.29. The minimum atomic E-state index is -0.514. The van der Waals surface area contributed by atoms with E-state index in [0.717, 1.165) is 47.8 Å². The summed E-state index contributed by atoms with van der Waals surface area (Å²) in [4.78, 5) is 38.6. The number of alkyl carbamates (subject to hydrolysis) is 1. The van der Waals surface area contributed by atoms with E-state index in [9.17, 15) is 9.59 Å². The Morgan fingerprint density at radius 2 is 1.83 bits per heavy atom. The van der Waals surface area contributed by atoms with Crippen LogP contribution in [0.2, 0.25) is 0 Å². The Balaban J connectivity index is 1.09. The number of fused-ring (bicyclic) bond motifs is 3. The number of carbonyl (C=O) groups is 2. The van der Waals surface area contributed by atoms with Gasteiger partial charge in [0, 0.05) is 49.6 Å². The first-order chi connectivity index (χ1) is 16.8. The van der Waals surface area contributed by atoms with Crippen LogP contribution in [0.3, 0.4) is 0 Å². The van der Waals surface area contributed by atoms with Crippen molar-refractivity contribution in [1.82, 2.24) is 29.7 Å². The Hall–Kier alpha value is -3.30. The molecule has 4 heterocycles. The van der Waals surface area contributed by atoms with Gasteiger partial charge in [-0.2, -0.15) is 0 Å². The molecular weight excluding hydrogens is 448 g/mol. The molecule has 10 nitrogen and oxygen atoms in total. The van der Waals surface area contributed by atoms with Gasteiger partial charge in [-0.3, -0.25) is 0 Å². The second-order valence-electron chi connectivity index (χ2n) is 10.6. The highest BCUT2D eigenvalue weighted by Crippen LogP contribution is 2.33. The van der Waals surface area contributed by atoms with Crippen LogP contribution in [-0.4, -0.2) is 67.4 Å². The molecule has 1 saturated carbocycles. The molecule has 0 atom stereocenters. The summed E-state index contributed by atoms with van der Waals surface area (Å²) < 4.78 is 13.4. The first kappa shape index (κ1) is 23.4. The first-order valence-corrected chi connectivity index (χ1v) is 12.5. The molecule has 3 aromatic rings. The predicted molar refractivity (Wildman–Crippen MR) is 131 cm³/mol.